The van der Waals surface area contributed by atoms with Crippen LogP contribution in [0.5, 0.6) is 0 Å². The Morgan fingerprint density at radius 2 is 1.76 bits per heavy atom. The van der Waals surface area contributed by atoms with E-state index in [1.54, 1.807) is 26.0 Å². The van der Waals surface area contributed by atoms with Crippen molar-refractivity contribution in [3.63, 3.8) is 0 Å². The highest BCUT2D eigenvalue weighted by Gasteiger charge is 2.33. The second kappa shape index (κ2) is 6.87. The molecule has 0 radical (unpaired) electrons. The quantitative estimate of drug-likeness (QED) is 0.801. The summed E-state index contributed by atoms with van der Waals surface area (Å²) in [4.78, 5) is 0.236. The van der Waals surface area contributed by atoms with Gasteiger partial charge in [-0.25, -0.2) is 8.42 Å². The molecule has 0 saturated heterocycles. The molecule has 2 N–H and O–H groups in total. The smallest absolute Gasteiger partial charge is 0.243 e. The fourth-order valence-electron chi connectivity index (χ4n) is 1.68. The minimum absolute atomic E-state index is 0.236. The van der Waals surface area contributed by atoms with E-state index in [2.05, 4.69) is 19.2 Å². The molecular formula is C15H26N2O3S. The van der Waals surface area contributed by atoms with Crippen molar-refractivity contribution < 1.29 is 13.5 Å². The van der Waals surface area contributed by atoms with Gasteiger partial charge in [0.25, 0.3) is 0 Å². The van der Waals surface area contributed by atoms with Gasteiger partial charge >= 0.3 is 0 Å². The number of nitrogens with zero attached hydrogens (tertiary/aromatic N) is 1. The number of aliphatic hydroxyl groups excluding tert-OH is 1. The lowest BCUT2D eigenvalue weighted by Crippen LogP contribution is -2.47. The first-order valence-electron chi connectivity index (χ1n) is 7.03. The minimum atomic E-state index is -3.60. The zero-order chi connectivity index (χ0) is 16.3. The molecule has 0 saturated carbocycles. The van der Waals surface area contributed by atoms with E-state index in [9.17, 15) is 13.5 Å². The summed E-state index contributed by atoms with van der Waals surface area (Å²) in [6.07, 6.45) is 0. The van der Waals surface area contributed by atoms with E-state index < -0.39 is 15.6 Å². The lowest BCUT2D eigenvalue weighted by molar-refractivity contribution is 0.138. The highest BCUT2D eigenvalue weighted by Crippen LogP contribution is 2.22. The molecule has 21 heavy (non-hydrogen) atoms. The summed E-state index contributed by atoms with van der Waals surface area (Å²) < 4.78 is 26.2. The highest BCUT2D eigenvalue weighted by atomic mass is 32.2. The average molecular weight is 314 g/mol. The number of hydrogen-bond donors (Lipinski definition) is 2. The fourth-order valence-corrected chi connectivity index (χ4v) is 3.19. The summed E-state index contributed by atoms with van der Waals surface area (Å²) in [6, 6.07) is 7.21. The van der Waals surface area contributed by atoms with E-state index >= 15 is 0 Å². The minimum Gasteiger partial charge on any atom is -0.394 e. The Kier molecular flexibility index (Phi) is 5.92. The van der Waals surface area contributed by atoms with Crippen LogP contribution in [0.4, 0.5) is 0 Å². The van der Waals surface area contributed by atoms with E-state index in [4.69, 9.17) is 0 Å². The first kappa shape index (κ1) is 18.1. The van der Waals surface area contributed by atoms with Crippen LogP contribution in [0.3, 0.4) is 0 Å². The first-order chi connectivity index (χ1) is 9.61. The van der Waals surface area contributed by atoms with Crippen molar-refractivity contribution in [2.75, 3.05) is 13.7 Å². The first-order valence-corrected chi connectivity index (χ1v) is 8.47. The molecule has 0 heterocycles. The summed E-state index contributed by atoms with van der Waals surface area (Å²) in [5, 5.41) is 12.6. The van der Waals surface area contributed by atoms with Crippen molar-refractivity contribution in [1.82, 2.24) is 9.62 Å². The molecule has 0 aliphatic carbocycles. The van der Waals surface area contributed by atoms with Crippen LogP contribution in [0.2, 0.25) is 0 Å². The van der Waals surface area contributed by atoms with Gasteiger partial charge in [0.05, 0.1) is 17.0 Å². The van der Waals surface area contributed by atoms with Gasteiger partial charge in [-0.15, -0.1) is 0 Å². The zero-order valence-electron chi connectivity index (χ0n) is 13.4. The van der Waals surface area contributed by atoms with Crippen molar-refractivity contribution >= 4 is 10.0 Å². The van der Waals surface area contributed by atoms with Crippen molar-refractivity contribution in [3.8, 4) is 0 Å². The number of hydrogen-bond acceptors (Lipinski definition) is 4. The molecular weight excluding hydrogens is 288 g/mol. The largest absolute Gasteiger partial charge is 0.394 e. The van der Waals surface area contributed by atoms with Gasteiger partial charge in [-0.3, -0.25) is 0 Å². The van der Waals surface area contributed by atoms with Gasteiger partial charge in [-0.2, -0.15) is 4.31 Å². The molecule has 1 aromatic carbocycles. The van der Waals surface area contributed by atoms with Crippen molar-refractivity contribution in [3.05, 3.63) is 29.8 Å². The van der Waals surface area contributed by atoms with Crippen LogP contribution in [0.25, 0.3) is 0 Å². The Labute approximate surface area is 128 Å². The Balaban J connectivity index is 2.95. The van der Waals surface area contributed by atoms with Gasteiger partial charge in [-0.05, 0) is 31.5 Å². The molecule has 0 aromatic heterocycles. The van der Waals surface area contributed by atoms with E-state index in [1.807, 2.05) is 12.1 Å². The van der Waals surface area contributed by atoms with E-state index in [1.165, 1.54) is 11.4 Å². The molecule has 0 aliphatic heterocycles. The van der Waals surface area contributed by atoms with Crippen molar-refractivity contribution in [2.45, 2.75) is 50.7 Å². The highest BCUT2D eigenvalue weighted by molar-refractivity contribution is 7.89. The molecule has 0 unspecified atom stereocenters. The standard InChI is InChI=1S/C15H26N2O3S/c1-12(2)16-10-13-6-8-14(9-7-13)21(19,20)17(5)15(3,4)11-18/h6-9,12,16,18H,10-11H2,1-5H3. The third-order valence-electron chi connectivity index (χ3n) is 3.54. The van der Waals surface area contributed by atoms with Gasteiger partial charge in [0.2, 0.25) is 10.0 Å². The van der Waals surface area contributed by atoms with Crippen LogP contribution in [0, 0.1) is 0 Å². The number of likely N-dealkylation sites (N-methyl/N-ethyl adjacent to an activating group) is 1. The summed E-state index contributed by atoms with van der Waals surface area (Å²) in [5.41, 5.74) is 0.197. The zero-order valence-corrected chi connectivity index (χ0v) is 14.2. The summed E-state index contributed by atoms with van der Waals surface area (Å²) in [5.74, 6) is 0. The number of aliphatic hydroxyl groups is 1. The molecule has 1 aromatic rings. The Bertz CT molecular complexity index is 551. The predicted molar refractivity (Wildman–Crippen MR) is 84.5 cm³/mol. The van der Waals surface area contributed by atoms with Gasteiger partial charge in [0.1, 0.15) is 0 Å². The Hall–Kier alpha value is -0.950. The average Bonchev–Trinajstić information content (AvgIpc) is 2.44. The molecule has 0 atom stereocenters. The van der Waals surface area contributed by atoms with Gasteiger partial charge in [-0.1, -0.05) is 26.0 Å². The van der Waals surface area contributed by atoms with Crippen LogP contribution in [-0.4, -0.2) is 43.1 Å². The SMILES string of the molecule is CC(C)NCc1ccc(S(=O)(=O)N(C)C(C)(C)CO)cc1. The third-order valence-corrected chi connectivity index (χ3v) is 5.62. The molecule has 0 bridgehead atoms. The van der Waals surface area contributed by atoms with Gasteiger partial charge in [0.15, 0.2) is 0 Å². The molecule has 0 fully saturated rings. The maximum atomic E-state index is 12.5. The molecule has 6 heteroatoms. The van der Waals surface area contributed by atoms with E-state index in [-0.39, 0.29) is 11.5 Å². The molecule has 1 rings (SSSR count). The normalized spacial score (nSPS) is 13.1. The van der Waals surface area contributed by atoms with Crippen LogP contribution < -0.4 is 5.32 Å². The number of nitrogens with one attached hydrogen (secondary N) is 1. The lowest BCUT2D eigenvalue weighted by atomic mass is 10.1. The van der Waals surface area contributed by atoms with Crippen LogP contribution in [0.1, 0.15) is 33.3 Å². The van der Waals surface area contributed by atoms with Crippen LogP contribution in [-0.2, 0) is 16.6 Å². The van der Waals surface area contributed by atoms with Crippen molar-refractivity contribution in [2.24, 2.45) is 0 Å². The third kappa shape index (κ3) is 4.51. The lowest BCUT2D eigenvalue weighted by Gasteiger charge is -2.32. The van der Waals surface area contributed by atoms with E-state index in [0.29, 0.717) is 12.6 Å². The number of benzene rings is 1. The second-order valence-electron chi connectivity index (χ2n) is 6.12. The molecule has 0 amide bonds. The second-order valence-corrected chi connectivity index (χ2v) is 8.09. The predicted octanol–water partition coefficient (Wildman–Crippen LogP) is 1.58. The summed E-state index contributed by atoms with van der Waals surface area (Å²) in [7, 11) is -2.12. The molecule has 0 spiro atoms. The Morgan fingerprint density at radius 1 is 1.24 bits per heavy atom. The Morgan fingerprint density at radius 3 is 2.19 bits per heavy atom. The number of sulfonamides is 1. The van der Waals surface area contributed by atoms with Gasteiger partial charge < -0.3 is 10.4 Å². The monoisotopic (exact) mass is 314 g/mol. The van der Waals surface area contributed by atoms with Crippen LogP contribution in [0.15, 0.2) is 29.2 Å². The molecule has 5 nitrogen and oxygen atoms in total. The van der Waals surface area contributed by atoms with Crippen molar-refractivity contribution in [1.29, 1.82) is 0 Å². The van der Waals surface area contributed by atoms with E-state index in [0.717, 1.165) is 5.56 Å². The van der Waals surface area contributed by atoms with Gasteiger partial charge in [0, 0.05) is 19.6 Å². The summed E-state index contributed by atoms with van der Waals surface area (Å²) in [6.45, 7) is 7.96. The number of rotatable bonds is 7. The topological polar surface area (TPSA) is 69.6 Å². The van der Waals surface area contributed by atoms with Crippen LogP contribution >= 0.6 is 0 Å². The fraction of sp³-hybridized carbons (Fsp3) is 0.600. The maximum absolute atomic E-state index is 12.5. The molecule has 0 aliphatic rings. The molecule has 120 valence electrons. The summed E-state index contributed by atoms with van der Waals surface area (Å²) >= 11 is 0. The maximum Gasteiger partial charge on any atom is 0.243 e.